The summed E-state index contributed by atoms with van der Waals surface area (Å²) < 4.78 is 4.88. The summed E-state index contributed by atoms with van der Waals surface area (Å²) in [5.41, 5.74) is 9.61. The average Bonchev–Trinajstić information content (AvgIpc) is 3.76. The van der Waals surface area contributed by atoms with Gasteiger partial charge in [-0.05, 0) is 35.7 Å². The van der Waals surface area contributed by atoms with E-state index in [2.05, 4.69) is 137 Å². The third kappa shape index (κ3) is 4.69. The lowest BCUT2D eigenvalue weighted by molar-refractivity contribution is 1.07. The van der Waals surface area contributed by atoms with E-state index >= 15 is 0 Å². The van der Waals surface area contributed by atoms with Crippen molar-refractivity contribution < 1.29 is 0 Å². The molecule has 3 heterocycles. The number of fused-ring (bicyclic) bond motifs is 7. The Hall–Kier alpha value is -7.37. The minimum atomic E-state index is 0.629. The molecule has 0 N–H and O–H groups in total. The summed E-state index contributed by atoms with van der Waals surface area (Å²) >= 11 is 0. The molecule has 11 rings (SSSR count). The van der Waals surface area contributed by atoms with Gasteiger partial charge in [-0.1, -0.05) is 158 Å². The first-order valence-electron chi connectivity index (χ1n) is 18.2. The zero-order chi connectivity index (χ0) is 35.6. The number of nitrogens with zero attached hydrogens (tertiary/aromatic N) is 5. The zero-order valence-corrected chi connectivity index (χ0v) is 29.1. The van der Waals surface area contributed by atoms with Gasteiger partial charge in [0.05, 0.1) is 33.4 Å². The molecular formula is C49H31N5. The molecule has 0 spiro atoms. The summed E-state index contributed by atoms with van der Waals surface area (Å²) in [6.07, 6.45) is 0. The first kappa shape index (κ1) is 30.3. The molecule has 0 radical (unpaired) electrons. The van der Waals surface area contributed by atoms with Gasteiger partial charge in [-0.25, -0.2) is 15.0 Å². The Balaban J connectivity index is 1.22. The van der Waals surface area contributed by atoms with Crippen molar-refractivity contribution in [2.45, 2.75) is 0 Å². The van der Waals surface area contributed by atoms with Gasteiger partial charge in [0.2, 0.25) is 0 Å². The number of aromatic nitrogens is 5. The van der Waals surface area contributed by atoms with E-state index in [0.717, 1.165) is 44.6 Å². The Morgan fingerprint density at radius 1 is 0.296 bits per heavy atom. The molecule has 54 heavy (non-hydrogen) atoms. The first-order chi connectivity index (χ1) is 26.8. The number of para-hydroxylation sites is 3. The number of rotatable bonds is 5. The zero-order valence-electron chi connectivity index (χ0n) is 29.1. The molecule has 0 saturated carbocycles. The van der Waals surface area contributed by atoms with Crippen LogP contribution in [0.1, 0.15) is 0 Å². The highest BCUT2D eigenvalue weighted by Crippen LogP contribution is 2.41. The van der Waals surface area contributed by atoms with Crippen LogP contribution in [0.15, 0.2) is 188 Å². The van der Waals surface area contributed by atoms with Crippen LogP contribution in [0.3, 0.4) is 0 Å². The van der Waals surface area contributed by atoms with Crippen molar-refractivity contribution in [1.29, 1.82) is 0 Å². The van der Waals surface area contributed by atoms with Crippen molar-refractivity contribution in [2.75, 3.05) is 0 Å². The fraction of sp³-hybridized carbons (Fsp3) is 0. The van der Waals surface area contributed by atoms with Crippen molar-refractivity contribution in [3.8, 4) is 45.5 Å². The Bertz CT molecular complexity index is 3150. The fourth-order valence-corrected chi connectivity index (χ4v) is 8.14. The predicted octanol–water partition coefficient (Wildman–Crippen LogP) is 12.2. The molecule has 0 amide bonds. The van der Waals surface area contributed by atoms with E-state index in [0.29, 0.717) is 17.5 Å². The molecule has 252 valence electrons. The minimum absolute atomic E-state index is 0.629. The van der Waals surface area contributed by atoms with E-state index in [-0.39, 0.29) is 0 Å². The summed E-state index contributed by atoms with van der Waals surface area (Å²) in [6.45, 7) is 0. The van der Waals surface area contributed by atoms with Crippen LogP contribution in [0.2, 0.25) is 0 Å². The number of benzene rings is 8. The number of hydrogen-bond acceptors (Lipinski definition) is 3. The predicted molar refractivity (Wildman–Crippen MR) is 222 cm³/mol. The maximum absolute atomic E-state index is 5.09. The maximum Gasteiger partial charge on any atom is 0.164 e. The molecule has 3 aromatic heterocycles. The van der Waals surface area contributed by atoms with Crippen molar-refractivity contribution in [3.05, 3.63) is 188 Å². The van der Waals surface area contributed by atoms with E-state index in [4.69, 9.17) is 15.0 Å². The molecule has 0 bridgehead atoms. The quantitative estimate of drug-likeness (QED) is 0.181. The van der Waals surface area contributed by atoms with E-state index in [9.17, 15) is 0 Å². The molecule has 0 unspecified atom stereocenters. The lowest BCUT2D eigenvalue weighted by Crippen LogP contribution is -2.02. The van der Waals surface area contributed by atoms with E-state index < -0.39 is 0 Å². The van der Waals surface area contributed by atoms with E-state index in [1.807, 2.05) is 60.7 Å². The van der Waals surface area contributed by atoms with Crippen LogP contribution in [0.25, 0.3) is 99.9 Å². The molecule has 0 atom stereocenters. The SMILES string of the molecule is c1ccc(-c2nc(-c3ccccc3)nc(-c3ccc4c5ccccc5n(-c5cccc6c7ccccc7n(-c7cccc8ccccc78)c56)c4c3)n2)cc1. The average molecular weight is 690 g/mol. The molecule has 0 saturated heterocycles. The smallest absolute Gasteiger partial charge is 0.164 e. The van der Waals surface area contributed by atoms with Crippen molar-refractivity contribution in [1.82, 2.24) is 24.1 Å². The molecule has 0 aliphatic carbocycles. The molecule has 0 aliphatic heterocycles. The summed E-state index contributed by atoms with van der Waals surface area (Å²) in [5.74, 6) is 1.92. The summed E-state index contributed by atoms with van der Waals surface area (Å²) in [5, 5.41) is 7.20. The first-order valence-corrected chi connectivity index (χ1v) is 18.2. The highest BCUT2D eigenvalue weighted by atomic mass is 15.1. The van der Waals surface area contributed by atoms with Gasteiger partial charge in [-0.2, -0.15) is 0 Å². The number of hydrogen-bond donors (Lipinski definition) is 0. The normalized spacial score (nSPS) is 11.7. The van der Waals surface area contributed by atoms with Gasteiger partial charge >= 0.3 is 0 Å². The van der Waals surface area contributed by atoms with Gasteiger partial charge < -0.3 is 9.13 Å². The summed E-state index contributed by atoms with van der Waals surface area (Å²) in [6, 6.07) is 66.3. The largest absolute Gasteiger partial charge is 0.307 e. The summed E-state index contributed by atoms with van der Waals surface area (Å²) in [7, 11) is 0. The van der Waals surface area contributed by atoms with Crippen molar-refractivity contribution >= 4 is 54.4 Å². The second-order valence-corrected chi connectivity index (χ2v) is 13.6. The highest BCUT2D eigenvalue weighted by Gasteiger charge is 2.22. The van der Waals surface area contributed by atoms with Gasteiger partial charge in [0.15, 0.2) is 17.5 Å². The lowest BCUT2D eigenvalue weighted by atomic mass is 10.1. The monoisotopic (exact) mass is 689 g/mol. The third-order valence-corrected chi connectivity index (χ3v) is 10.6. The van der Waals surface area contributed by atoms with Crippen LogP contribution in [0.4, 0.5) is 0 Å². The molecule has 0 aliphatic rings. The Morgan fingerprint density at radius 3 is 1.48 bits per heavy atom. The second-order valence-electron chi connectivity index (χ2n) is 13.6. The molecule has 8 aromatic carbocycles. The standard InChI is InChI=1S/C49H31N5/c1-3-16-33(17-4-1)47-50-48(34-18-5-2-6-19-34)52-49(51-47)35-29-30-39-37-22-9-11-25-42(37)53(45(39)31-35)44-28-14-24-40-38-23-10-12-26-43(38)54(46(40)44)41-27-13-20-32-15-7-8-21-36(32)41/h1-31H. The lowest BCUT2D eigenvalue weighted by Gasteiger charge is -2.16. The fourth-order valence-electron chi connectivity index (χ4n) is 8.14. The van der Waals surface area contributed by atoms with Gasteiger partial charge in [0.1, 0.15) is 0 Å². The van der Waals surface area contributed by atoms with Crippen LogP contribution >= 0.6 is 0 Å². The Kier molecular flexibility index (Phi) is 6.79. The minimum Gasteiger partial charge on any atom is -0.307 e. The molecule has 0 fully saturated rings. The van der Waals surface area contributed by atoms with Crippen LogP contribution in [-0.2, 0) is 0 Å². The van der Waals surface area contributed by atoms with Gasteiger partial charge in [-0.3, -0.25) is 0 Å². The van der Waals surface area contributed by atoms with Gasteiger partial charge in [-0.15, -0.1) is 0 Å². The third-order valence-electron chi connectivity index (χ3n) is 10.6. The van der Waals surface area contributed by atoms with Crippen LogP contribution < -0.4 is 0 Å². The van der Waals surface area contributed by atoms with Crippen LogP contribution in [0, 0.1) is 0 Å². The molecule has 5 heteroatoms. The van der Waals surface area contributed by atoms with Crippen molar-refractivity contribution in [3.63, 3.8) is 0 Å². The molecule has 11 aromatic rings. The van der Waals surface area contributed by atoms with Gasteiger partial charge in [0.25, 0.3) is 0 Å². The van der Waals surface area contributed by atoms with E-state index in [1.165, 1.54) is 37.8 Å². The van der Waals surface area contributed by atoms with E-state index in [1.54, 1.807) is 0 Å². The topological polar surface area (TPSA) is 48.5 Å². The Morgan fingerprint density at radius 2 is 0.778 bits per heavy atom. The molecule has 5 nitrogen and oxygen atoms in total. The summed E-state index contributed by atoms with van der Waals surface area (Å²) in [4.78, 5) is 15.1. The van der Waals surface area contributed by atoms with Crippen molar-refractivity contribution in [2.24, 2.45) is 0 Å². The highest BCUT2D eigenvalue weighted by molar-refractivity contribution is 6.16. The van der Waals surface area contributed by atoms with Crippen LogP contribution in [0.5, 0.6) is 0 Å². The van der Waals surface area contributed by atoms with Gasteiger partial charge in [0, 0.05) is 43.6 Å². The maximum atomic E-state index is 5.09. The second kappa shape index (κ2) is 12.1. The Labute approximate surface area is 311 Å². The molecular weight excluding hydrogens is 659 g/mol. The van der Waals surface area contributed by atoms with Crippen LogP contribution in [-0.4, -0.2) is 24.1 Å².